The molecule has 2 aromatic rings. The van der Waals surface area contributed by atoms with E-state index in [1.54, 1.807) is 7.05 Å². The number of benzene rings is 2. The third kappa shape index (κ3) is 6.75. The molecule has 0 saturated carbocycles. The molecule has 7 heteroatoms. The maximum atomic E-state index is 13.3. The van der Waals surface area contributed by atoms with Crippen LogP contribution in [0.5, 0.6) is 0 Å². The molecular weight excluding hydrogens is 435 g/mol. The fraction of sp³-hybridized carbons (Fsp3) is 0.500. The number of hydrogen-bond acceptors (Lipinski definition) is 3. The average Bonchev–Trinajstić information content (AvgIpc) is 2.71. The summed E-state index contributed by atoms with van der Waals surface area (Å²) in [6.07, 6.45) is 4.99. The first-order chi connectivity index (χ1) is 14.3. The van der Waals surface area contributed by atoms with Gasteiger partial charge in [-0.3, -0.25) is 0 Å². The van der Waals surface area contributed by atoms with Crippen LogP contribution in [0.4, 0.5) is 4.39 Å². The van der Waals surface area contributed by atoms with Gasteiger partial charge in [-0.1, -0.05) is 37.3 Å². The molecule has 0 radical (unpaired) electrons. The number of nitrogens with two attached hydrogens (primary N) is 1. The Morgan fingerprint density at radius 1 is 1.13 bits per heavy atom. The lowest BCUT2D eigenvalue weighted by molar-refractivity contribution is 0.459. The first-order valence-electron chi connectivity index (χ1n) is 10.9. The first-order valence-corrected chi connectivity index (χ1v) is 12.5. The van der Waals surface area contributed by atoms with Gasteiger partial charge in [-0.2, -0.15) is 0 Å². The van der Waals surface area contributed by atoms with Crippen LogP contribution in [0.2, 0.25) is 0 Å². The van der Waals surface area contributed by atoms with Crippen molar-refractivity contribution in [1.29, 1.82) is 0 Å². The molecule has 2 atom stereocenters. The molecule has 2 aromatic carbocycles. The van der Waals surface area contributed by atoms with Crippen molar-refractivity contribution in [3.8, 4) is 0 Å². The molecule has 172 valence electrons. The SMILES string of the molecule is CCCS(=O)(=O)N(C)CCCc1ccc2c(c1)C(Cc1ccc(F)cc1)C(N)CC2.Cl. The fourth-order valence-corrected chi connectivity index (χ4v) is 5.56. The summed E-state index contributed by atoms with van der Waals surface area (Å²) in [4.78, 5) is 0. The summed E-state index contributed by atoms with van der Waals surface area (Å²) < 4.78 is 39.0. The van der Waals surface area contributed by atoms with E-state index in [1.807, 2.05) is 19.1 Å². The van der Waals surface area contributed by atoms with Gasteiger partial charge in [-0.25, -0.2) is 17.1 Å². The number of rotatable bonds is 9. The topological polar surface area (TPSA) is 63.4 Å². The van der Waals surface area contributed by atoms with Crippen LogP contribution in [0.1, 0.15) is 54.4 Å². The summed E-state index contributed by atoms with van der Waals surface area (Å²) in [5, 5.41) is 0. The minimum Gasteiger partial charge on any atom is -0.327 e. The Morgan fingerprint density at radius 2 is 1.81 bits per heavy atom. The van der Waals surface area contributed by atoms with Gasteiger partial charge in [0.05, 0.1) is 5.75 Å². The van der Waals surface area contributed by atoms with Crippen LogP contribution < -0.4 is 5.73 Å². The summed E-state index contributed by atoms with van der Waals surface area (Å²) in [7, 11) is -1.48. The van der Waals surface area contributed by atoms with Gasteiger partial charge < -0.3 is 5.73 Å². The van der Waals surface area contributed by atoms with Crippen molar-refractivity contribution in [2.75, 3.05) is 19.3 Å². The van der Waals surface area contributed by atoms with Gasteiger partial charge in [0.1, 0.15) is 5.82 Å². The molecule has 4 nitrogen and oxygen atoms in total. The smallest absolute Gasteiger partial charge is 0.213 e. The van der Waals surface area contributed by atoms with Crippen LogP contribution >= 0.6 is 12.4 Å². The van der Waals surface area contributed by atoms with Crippen molar-refractivity contribution in [3.63, 3.8) is 0 Å². The number of nitrogens with zero attached hydrogens (tertiary/aromatic N) is 1. The van der Waals surface area contributed by atoms with Crippen molar-refractivity contribution in [2.24, 2.45) is 5.73 Å². The van der Waals surface area contributed by atoms with E-state index in [2.05, 4.69) is 18.2 Å². The van der Waals surface area contributed by atoms with Gasteiger partial charge in [0, 0.05) is 25.6 Å². The molecule has 2 unspecified atom stereocenters. The molecule has 0 saturated heterocycles. The highest BCUT2D eigenvalue weighted by atomic mass is 35.5. The summed E-state index contributed by atoms with van der Waals surface area (Å²) in [6.45, 7) is 2.41. The minimum absolute atomic E-state index is 0. The molecular formula is C24H34ClFN2O2S. The minimum atomic E-state index is -3.14. The van der Waals surface area contributed by atoms with E-state index in [0.29, 0.717) is 13.0 Å². The molecule has 3 rings (SSSR count). The standard InChI is InChI=1S/C24H33FN2O2S.ClH/c1-3-15-30(28,29)27(2)14-4-5-18-6-9-20-10-13-24(26)23(22(20)16-18)17-19-7-11-21(25)12-8-19;/h6-9,11-12,16,23-24H,3-5,10,13-15,17,26H2,1-2H3;1H. The molecule has 0 bridgehead atoms. The lowest BCUT2D eigenvalue weighted by Crippen LogP contribution is -2.34. The van der Waals surface area contributed by atoms with Gasteiger partial charge in [-0.15, -0.1) is 12.4 Å². The monoisotopic (exact) mass is 468 g/mol. The number of halogens is 2. The molecule has 31 heavy (non-hydrogen) atoms. The van der Waals surface area contributed by atoms with E-state index in [9.17, 15) is 12.8 Å². The zero-order chi connectivity index (χ0) is 21.7. The van der Waals surface area contributed by atoms with Crippen LogP contribution in [0.25, 0.3) is 0 Å². The molecule has 1 aliphatic rings. The van der Waals surface area contributed by atoms with Crippen LogP contribution in [-0.2, 0) is 29.3 Å². The largest absolute Gasteiger partial charge is 0.327 e. The predicted octanol–water partition coefficient (Wildman–Crippen LogP) is 4.45. The van der Waals surface area contributed by atoms with Crippen molar-refractivity contribution in [1.82, 2.24) is 4.31 Å². The Bertz CT molecular complexity index is 951. The Hall–Kier alpha value is -1.47. The molecule has 1 aliphatic carbocycles. The first kappa shape index (κ1) is 25.8. The van der Waals surface area contributed by atoms with Gasteiger partial charge in [0.15, 0.2) is 0 Å². The molecule has 0 fully saturated rings. The van der Waals surface area contributed by atoms with Crippen LogP contribution in [0, 0.1) is 5.82 Å². The van der Waals surface area contributed by atoms with E-state index in [4.69, 9.17) is 5.73 Å². The Kier molecular flexibility index (Phi) is 9.49. The summed E-state index contributed by atoms with van der Waals surface area (Å²) >= 11 is 0. The van der Waals surface area contributed by atoms with Gasteiger partial charge >= 0.3 is 0 Å². The van der Waals surface area contributed by atoms with Crippen molar-refractivity contribution < 1.29 is 12.8 Å². The van der Waals surface area contributed by atoms with E-state index in [0.717, 1.165) is 37.7 Å². The van der Waals surface area contributed by atoms with Crippen LogP contribution in [0.3, 0.4) is 0 Å². The lowest BCUT2D eigenvalue weighted by Gasteiger charge is -2.32. The molecule has 0 spiro atoms. The average molecular weight is 469 g/mol. The number of sulfonamides is 1. The number of fused-ring (bicyclic) bond motifs is 1. The normalized spacial score (nSPS) is 18.5. The highest BCUT2D eigenvalue weighted by Crippen LogP contribution is 2.34. The maximum Gasteiger partial charge on any atom is 0.213 e. The van der Waals surface area contributed by atoms with Crippen molar-refractivity contribution in [2.45, 2.75) is 57.4 Å². The molecule has 0 heterocycles. The number of aryl methyl sites for hydroxylation is 2. The van der Waals surface area contributed by atoms with Crippen molar-refractivity contribution >= 4 is 22.4 Å². The van der Waals surface area contributed by atoms with Gasteiger partial charge in [0.2, 0.25) is 10.0 Å². The van der Waals surface area contributed by atoms with E-state index in [1.165, 1.54) is 33.1 Å². The highest BCUT2D eigenvalue weighted by molar-refractivity contribution is 7.89. The molecule has 2 N–H and O–H groups in total. The third-order valence-corrected chi connectivity index (χ3v) is 8.17. The lowest BCUT2D eigenvalue weighted by atomic mass is 9.76. The van der Waals surface area contributed by atoms with Gasteiger partial charge in [-0.05, 0) is 72.9 Å². The Morgan fingerprint density at radius 3 is 2.48 bits per heavy atom. The second-order valence-electron chi connectivity index (χ2n) is 8.41. The highest BCUT2D eigenvalue weighted by Gasteiger charge is 2.27. The zero-order valence-corrected chi connectivity index (χ0v) is 20.0. The van der Waals surface area contributed by atoms with Gasteiger partial charge in [0.25, 0.3) is 0 Å². The third-order valence-electron chi connectivity index (χ3n) is 6.12. The zero-order valence-electron chi connectivity index (χ0n) is 18.4. The summed E-state index contributed by atoms with van der Waals surface area (Å²) in [6, 6.07) is 13.4. The predicted molar refractivity (Wildman–Crippen MR) is 128 cm³/mol. The summed E-state index contributed by atoms with van der Waals surface area (Å²) in [5.41, 5.74) is 11.4. The molecule has 0 aromatic heterocycles. The van der Waals surface area contributed by atoms with E-state index in [-0.39, 0.29) is 35.9 Å². The second-order valence-corrected chi connectivity index (χ2v) is 10.6. The van der Waals surface area contributed by atoms with E-state index >= 15 is 0 Å². The fourth-order valence-electron chi connectivity index (χ4n) is 4.32. The van der Waals surface area contributed by atoms with Crippen LogP contribution in [-0.4, -0.2) is 38.1 Å². The van der Waals surface area contributed by atoms with E-state index < -0.39 is 10.0 Å². The molecule has 0 aliphatic heterocycles. The Labute approximate surface area is 192 Å². The maximum absolute atomic E-state index is 13.3. The second kappa shape index (κ2) is 11.4. The van der Waals surface area contributed by atoms with Crippen LogP contribution in [0.15, 0.2) is 42.5 Å². The number of hydrogen-bond donors (Lipinski definition) is 1. The quantitative estimate of drug-likeness (QED) is 0.591. The van der Waals surface area contributed by atoms with Crippen molar-refractivity contribution in [3.05, 3.63) is 70.5 Å². The summed E-state index contributed by atoms with van der Waals surface area (Å²) in [5.74, 6) is 0.192. The molecule has 0 amide bonds. The Balaban J connectivity index is 0.00000341.